The second kappa shape index (κ2) is 10.6. The summed E-state index contributed by atoms with van der Waals surface area (Å²) in [6.45, 7) is 5.47. The highest BCUT2D eigenvalue weighted by Gasteiger charge is 2.26. The maximum atomic E-state index is 13.2. The monoisotopic (exact) mass is 465 g/mol. The Hall–Kier alpha value is -3.53. The van der Waals surface area contributed by atoms with Crippen molar-refractivity contribution in [1.82, 2.24) is 24.6 Å². The summed E-state index contributed by atoms with van der Waals surface area (Å²) in [7, 11) is 0. The highest BCUT2D eigenvalue weighted by Crippen LogP contribution is 2.29. The Morgan fingerprint density at radius 1 is 1.32 bits per heavy atom. The molecule has 0 aliphatic carbocycles. The van der Waals surface area contributed by atoms with Crippen LogP contribution in [0, 0.1) is 5.92 Å². The first kappa shape index (κ1) is 23.6. The predicted molar refractivity (Wildman–Crippen MR) is 129 cm³/mol. The van der Waals surface area contributed by atoms with Crippen molar-refractivity contribution in [1.29, 1.82) is 0 Å². The second-order valence-electron chi connectivity index (χ2n) is 8.72. The van der Waals surface area contributed by atoms with Crippen LogP contribution in [0.25, 0.3) is 10.9 Å². The minimum Gasteiger partial charge on any atom is -0.383 e. The molecule has 4 rings (SSSR count). The highest BCUT2D eigenvalue weighted by atomic mass is 16.5. The summed E-state index contributed by atoms with van der Waals surface area (Å²) in [5, 5.41) is 7.91. The number of hydrogen-bond acceptors (Lipinski definition) is 7. The third-order valence-corrected chi connectivity index (χ3v) is 6.08. The maximum Gasteiger partial charge on any atom is 0.314 e. The number of nitrogens with one attached hydrogen (secondary N) is 1. The molecular weight excluding hydrogens is 434 g/mol. The van der Waals surface area contributed by atoms with E-state index in [1.54, 1.807) is 17.1 Å². The van der Waals surface area contributed by atoms with Gasteiger partial charge in [0.2, 0.25) is 0 Å². The van der Waals surface area contributed by atoms with Gasteiger partial charge in [-0.05, 0) is 37.3 Å². The number of hydrogen-bond donors (Lipinski definition) is 2. The van der Waals surface area contributed by atoms with Gasteiger partial charge in [0.1, 0.15) is 17.6 Å². The number of nitrogens with zero attached hydrogens (tertiary/aromatic N) is 5. The van der Waals surface area contributed by atoms with Crippen molar-refractivity contribution < 1.29 is 14.3 Å². The van der Waals surface area contributed by atoms with Gasteiger partial charge in [-0.25, -0.2) is 9.67 Å². The molecule has 4 heterocycles. The normalized spacial score (nSPS) is 16.8. The summed E-state index contributed by atoms with van der Waals surface area (Å²) < 4.78 is 7.53. The number of rotatable bonds is 7. The van der Waals surface area contributed by atoms with E-state index in [1.165, 1.54) is 11.1 Å². The fourth-order valence-corrected chi connectivity index (χ4v) is 3.95. The molecule has 0 aromatic carbocycles. The van der Waals surface area contributed by atoms with Crippen molar-refractivity contribution in [2.45, 2.75) is 52.3 Å². The van der Waals surface area contributed by atoms with Crippen LogP contribution in [0.1, 0.15) is 51.5 Å². The molecule has 1 saturated heterocycles. The fourth-order valence-electron chi connectivity index (χ4n) is 3.95. The summed E-state index contributed by atoms with van der Waals surface area (Å²) in [6, 6.07) is 5.51. The quantitative estimate of drug-likeness (QED) is 0.513. The van der Waals surface area contributed by atoms with Crippen molar-refractivity contribution in [2.75, 3.05) is 24.2 Å². The number of nitrogens with two attached hydrogens (primary N) is 1. The van der Waals surface area contributed by atoms with Gasteiger partial charge in [0.25, 0.3) is 0 Å². The van der Waals surface area contributed by atoms with Crippen LogP contribution in [0.4, 0.5) is 11.5 Å². The lowest BCUT2D eigenvalue weighted by atomic mass is 10.1. The van der Waals surface area contributed by atoms with E-state index in [0.29, 0.717) is 35.6 Å². The highest BCUT2D eigenvalue weighted by molar-refractivity contribution is 6.40. The van der Waals surface area contributed by atoms with Gasteiger partial charge in [-0.2, -0.15) is 5.10 Å². The molecule has 3 aromatic heterocycles. The molecule has 3 aromatic rings. The lowest BCUT2D eigenvalue weighted by Gasteiger charge is -2.24. The number of carbonyl (C=O) groups is 2. The van der Waals surface area contributed by atoms with Crippen LogP contribution in [0.15, 0.2) is 36.8 Å². The Morgan fingerprint density at radius 3 is 2.88 bits per heavy atom. The molecule has 10 nitrogen and oxygen atoms in total. The largest absolute Gasteiger partial charge is 0.383 e. The smallest absolute Gasteiger partial charge is 0.314 e. The van der Waals surface area contributed by atoms with Crippen molar-refractivity contribution in [3.63, 3.8) is 0 Å². The van der Waals surface area contributed by atoms with Crippen LogP contribution in [-0.2, 0) is 20.9 Å². The molecule has 10 heteroatoms. The minimum absolute atomic E-state index is 0.185. The molecule has 0 bridgehead atoms. The zero-order valence-corrected chi connectivity index (χ0v) is 19.6. The molecule has 1 aliphatic rings. The van der Waals surface area contributed by atoms with Gasteiger partial charge in [-0.3, -0.25) is 14.6 Å². The van der Waals surface area contributed by atoms with Crippen LogP contribution >= 0.6 is 0 Å². The number of amides is 2. The van der Waals surface area contributed by atoms with Crippen LogP contribution in [0.5, 0.6) is 0 Å². The molecule has 34 heavy (non-hydrogen) atoms. The third-order valence-electron chi connectivity index (χ3n) is 6.08. The molecule has 0 saturated carbocycles. The number of pyridine rings is 2. The lowest BCUT2D eigenvalue weighted by molar-refractivity contribution is -0.144. The summed E-state index contributed by atoms with van der Waals surface area (Å²) in [4.78, 5) is 36.2. The van der Waals surface area contributed by atoms with E-state index in [9.17, 15) is 9.59 Å². The number of ether oxygens (including phenoxy) is 1. The van der Waals surface area contributed by atoms with Crippen molar-refractivity contribution in [3.05, 3.63) is 42.5 Å². The number of carbonyl (C=O) groups excluding carboxylic acids is 2. The minimum atomic E-state index is -0.754. The van der Waals surface area contributed by atoms with E-state index in [4.69, 9.17) is 10.5 Å². The van der Waals surface area contributed by atoms with Crippen LogP contribution in [0.2, 0.25) is 0 Å². The van der Waals surface area contributed by atoms with Crippen molar-refractivity contribution in [3.8, 4) is 0 Å². The van der Waals surface area contributed by atoms with Crippen LogP contribution in [-0.4, -0.2) is 49.6 Å². The average Bonchev–Trinajstić information content (AvgIpc) is 3.33. The summed E-state index contributed by atoms with van der Waals surface area (Å²) in [5.41, 5.74) is 7.59. The number of aromatic nitrogens is 4. The van der Waals surface area contributed by atoms with Crippen molar-refractivity contribution in [2.24, 2.45) is 5.92 Å². The Balaban J connectivity index is 1.55. The molecule has 3 N–H and O–H groups in total. The number of fused-ring (bicyclic) bond motifs is 1. The molecule has 0 spiro atoms. The first-order chi connectivity index (χ1) is 16.5. The fraction of sp³-hybridized carbons (Fsp3) is 0.458. The summed E-state index contributed by atoms with van der Waals surface area (Å²) in [6.07, 6.45) is 8.50. The van der Waals surface area contributed by atoms with Gasteiger partial charge in [-0.1, -0.05) is 26.3 Å². The van der Waals surface area contributed by atoms with E-state index in [2.05, 4.69) is 27.3 Å². The Morgan fingerprint density at radius 2 is 2.18 bits per heavy atom. The van der Waals surface area contributed by atoms with Gasteiger partial charge in [0.15, 0.2) is 0 Å². The van der Waals surface area contributed by atoms with Gasteiger partial charge in [0, 0.05) is 25.5 Å². The maximum absolute atomic E-state index is 13.2. The van der Waals surface area contributed by atoms with Gasteiger partial charge in [0.05, 0.1) is 29.5 Å². The molecule has 180 valence electrons. The van der Waals surface area contributed by atoms with Crippen LogP contribution < -0.4 is 11.1 Å². The molecule has 0 radical (unpaired) electrons. The van der Waals surface area contributed by atoms with E-state index >= 15 is 0 Å². The SMILES string of the molecule is CC[C@H](C)CN(Cc1ccccn1)C(=O)C(=O)Nc1cnc(N)c2cn(C3CCCCO3)nc12. The molecule has 1 aliphatic heterocycles. The van der Waals surface area contributed by atoms with E-state index in [1.807, 2.05) is 25.1 Å². The predicted octanol–water partition coefficient (Wildman–Crippen LogP) is 3.12. The molecular formula is C24H31N7O3. The standard InChI is InChI=1S/C24H31N7O3/c1-3-16(2)13-30(14-17-8-4-6-10-26-17)24(33)23(32)28-19-12-27-22(25)18-15-31(29-21(18)19)20-9-5-7-11-34-20/h4,6,8,10,12,15-16,20H,3,5,7,9,11,13-14H2,1-2H3,(H2,25,27)(H,28,32)/t16-,20?/m0/s1. The van der Waals surface area contributed by atoms with E-state index in [0.717, 1.165) is 31.4 Å². The molecule has 2 atom stereocenters. The second-order valence-corrected chi connectivity index (χ2v) is 8.72. The summed E-state index contributed by atoms with van der Waals surface area (Å²) >= 11 is 0. The molecule has 2 amide bonds. The molecule has 1 unspecified atom stereocenters. The number of nitrogen functional groups attached to an aromatic ring is 1. The van der Waals surface area contributed by atoms with E-state index in [-0.39, 0.29) is 18.7 Å². The Kier molecular flexibility index (Phi) is 7.36. The third kappa shape index (κ3) is 5.33. The van der Waals surface area contributed by atoms with Gasteiger partial charge in [-0.15, -0.1) is 0 Å². The van der Waals surface area contributed by atoms with Gasteiger partial charge < -0.3 is 20.7 Å². The summed E-state index contributed by atoms with van der Waals surface area (Å²) in [5.74, 6) is -0.854. The Labute approximate surface area is 198 Å². The zero-order chi connectivity index (χ0) is 24.1. The first-order valence-corrected chi connectivity index (χ1v) is 11.7. The number of anilines is 2. The van der Waals surface area contributed by atoms with Gasteiger partial charge >= 0.3 is 11.8 Å². The first-order valence-electron chi connectivity index (χ1n) is 11.7. The topological polar surface area (TPSA) is 128 Å². The lowest BCUT2D eigenvalue weighted by Crippen LogP contribution is -2.41. The van der Waals surface area contributed by atoms with Crippen molar-refractivity contribution >= 4 is 34.2 Å². The Bertz CT molecular complexity index is 1140. The van der Waals surface area contributed by atoms with E-state index < -0.39 is 11.8 Å². The zero-order valence-electron chi connectivity index (χ0n) is 19.6. The van der Waals surface area contributed by atoms with Crippen LogP contribution in [0.3, 0.4) is 0 Å². The molecule has 1 fully saturated rings. The average molecular weight is 466 g/mol.